The second kappa shape index (κ2) is 8.67. The Morgan fingerprint density at radius 1 is 1.23 bits per heavy atom. The molecular weight excluding hydrogens is 364 g/mol. The number of sulfone groups is 1. The maximum Gasteiger partial charge on any atom is 0.195 e. The first-order valence-electron chi connectivity index (χ1n) is 9.56. The average Bonchev–Trinajstić information content (AvgIpc) is 2.91. The number of nitrogens with zero attached hydrogens (tertiary/aromatic N) is 2. The van der Waals surface area contributed by atoms with Gasteiger partial charge in [0.2, 0.25) is 0 Å². The molecule has 1 aliphatic rings. The van der Waals surface area contributed by atoms with Gasteiger partial charge in [-0.3, -0.25) is 0 Å². The Morgan fingerprint density at radius 3 is 2.65 bits per heavy atom. The topological polar surface area (TPSA) is 61.2 Å². The maximum atomic E-state index is 12.4. The first-order valence-corrected chi connectivity index (χ1v) is 14.9. The van der Waals surface area contributed by atoms with E-state index in [9.17, 15) is 8.42 Å². The molecule has 0 saturated heterocycles. The number of aromatic nitrogens is 2. The molecule has 0 amide bonds. The van der Waals surface area contributed by atoms with Crippen LogP contribution in [-0.2, 0) is 27.7 Å². The van der Waals surface area contributed by atoms with Crippen LogP contribution in [0.15, 0.2) is 23.4 Å². The van der Waals surface area contributed by atoms with E-state index < -0.39 is 17.9 Å². The van der Waals surface area contributed by atoms with Crippen LogP contribution in [0.5, 0.6) is 0 Å². The fourth-order valence-electron chi connectivity index (χ4n) is 2.94. The zero-order valence-electron chi connectivity index (χ0n) is 16.7. The number of hydrogen-bond donors (Lipinski definition) is 0. The van der Waals surface area contributed by atoms with Gasteiger partial charge in [0.15, 0.2) is 14.9 Å². The van der Waals surface area contributed by atoms with Crippen molar-refractivity contribution in [3.63, 3.8) is 0 Å². The lowest BCUT2D eigenvalue weighted by Gasteiger charge is -2.15. The third-order valence-corrected chi connectivity index (χ3v) is 7.88. The van der Waals surface area contributed by atoms with Crippen LogP contribution >= 0.6 is 0 Å². The van der Waals surface area contributed by atoms with Crippen LogP contribution in [0.3, 0.4) is 0 Å². The minimum Gasteiger partial charge on any atom is -0.361 e. The maximum absolute atomic E-state index is 12.4. The Hall–Kier alpha value is -1.18. The van der Waals surface area contributed by atoms with Crippen LogP contribution in [-0.4, -0.2) is 38.4 Å². The molecule has 0 aliphatic carbocycles. The zero-order chi connectivity index (χ0) is 19.4. The molecule has 146 valence electrons. The smallest absolute Gasteiger partial charge is 0.195 e. The summed E-state index contributed by atoms with van der Waals surface area (Å²) in [5.74, 6) is 0.200. The van der Waals surface area contributed by atoms with Gasteiger partial charge in [0, 0.05) is 26.3 Å². The van der Waals surface area contributed by atoms with E-state index in [0.717, 1.165) is 36.4 Å². The number of rotatable bonds is 5. The third kappa shape index (κ3) is 5.17. The molecule has 0 aromatic carbocycles. The lowest BCUT2D eigenvalue weighted by molar-refractivity contribution is 0.0898. The van der Waals surface area contributed by atoms with Crippen molar-refractivity contribution in [3.8, 4) is 0 Å². The van der Waals surface area contributed by atoms with Crippen molar-refractivity contribution < 1.29 is 13.2 Å². The summed E-state index contributed by atoms with van der Waals surface area (Å²) in [6, 6.07) is 5.09. The predicted octanol–water partition coefficient (Wildman–Crippen LogP) is 4.48. The number of fused-ring (bicyclic) bond motifs is 2. The summed E-state index contributed by atoms with van der Waals surface area (Å²) in [5.41, 5.74) is 1.56. The van der Waals surface area contributed by atoms with E-state index in [4.69, 9.17) is 4.74 Å². The van der Waals surface area contributed by atoms with Crippen molar-refractivity contribution >= 4 is 28.9 Å². The van der Waals surface area contributed by atoms with Crippen LogP contribution in [0, 0.1) is 0 Å². The molecule has 5 nitrogen and oxygen atoms in total. The largest absolute Gasteiger partial charge is 0.361 e. The molecule has 0 fully saturated rings. The molecule has 3 heterocycles. The lowest BCUT2D eigenvalue weighted by Crippen LogP contribution is -2.22. The van der Waals surface area contributed by atoms with E-state index in [-0.39, 0.29) is 10.8 Å². The van der Waals surface area contributed by atoms with Crippen LogP contribution in [0.2, 0.25) is 25.7 Å². The highest BCUT2D eigenvalue weighted by molar-refractivity contribution is 7.91. The Balaban J connectivity index is 0.00000117. The Kier molecular flexibility index (Phi) is 7.04. The van der Waals surface area contributed by atoms with Crippen molar-refractivity contribution in [2.75, 3.05) is 12.4 Å². The van der Waals surface area contributed by atoms with Crippen molar-refractivity contribution in [1.82, 2.24) is 9.55 Å². The fraction of sp³-hybridized carbons (Fsp3) is 0.632. The van der Waals surface area contributed by atoms with E-state index >= 15 is 0 Å². The van der Waals surface area contributed by atoms with Crippen molar-refractivity contribution in [3.05, 3.63) is 23.9 Å². The molecule has 0 saturated carbocycles. The molecule has 3 rings (SSSR count). The average molecular weight is 397 g/mol. The highest BCUT2D eigenvalue weighted by Crippen LogP contribution is 2.27. The minimum absolute atomic E-state index is 0.200. The predicted molar refractivity (Wildman–Crippen MR) is 110 cm³/mol. The molecule has 2 aromatic rings. The van der Waals surface area contributed by atoms with Gasteiger partial charge in [-0.15, -0.1) is 0 Å². The van der Waals surface area contributed by atoms with Gasteiger partial charge >= 0.3 is 0 Å². The van der Waals surface area contributed by atoms with Crippen LogP contribution in [0.1, 0.15) is 32.3 Å². The summed E-state index contributed by atoms with van der Waals surface area (Å²) in [4.78, 5) is 4.52. The molecule has 0 atom stereocenters. The number of aryl methyl sites for hydroxylation is 1. The fourth-order valence-corrected chi connectivity index (χ4v) is 5.26. The van der Waals surface area contributed by atoms with Gasteiger partial charge in [-0.25, -0.2) is 13.4 Å². The lowest BCUT2D eigenvalue weighted by atomic mass is 10.1. The summed E-state index contributed by atoms with van der Waals surface area (Å²) in [6.07, 6.45) is 4.33. The second-order valence-corrected chi connectivity index (χ2v) is 15.4. The molecule has 0 unspecified atom stereocenters. The Labute approximate surface area is 158 Å². The molecule has 0 radical (unpaired) electrons. The summed E-state index contributed by atoms with van der Waals surface area (Å²) in [7, 11) is -4.38. The Bertz CT molecular complexity index is 838. The van der Waals surface area contributed by atoms with E-state index in [1.807, 2.05) is 36.7 Å². The minimum atomic E-state index is -3.27. The van der Waals surface area contributed by atoms with Gasteiger partial charge in [-0.05, 0) is 43.0 Å². The van der Waals surface area contributed by atoms with Gasteiger partial charge in [-0.2, -0.15) is 0 Å². The highest BCUT2D eigenvalue weighted by atomic mass is 32.2. The summed E-state index contributed by atoms with van der Waals surface area (Å²) in [5, 5.41) is 1.26. The normalized spacial score (nSPS) is 16.5. The highest BCUT2D eigenvalue weighted by Gasteiger charge is 2.24. The zero-order valence-corrected chi connectivity index (χ0v) is 18.5. The molecule has 0 spiro atoms. The van der Waals surface area contributed by atoms with Gasteiger partial charge in [0.05, 0.1) is 5.75 Å². The van der Waals surface area contributed by atoms with Gasteiger partial charge < -0.3 is 9.30 Å². The molecule has 1 aliphatic heterocycles. The summed E-state index contributed by atoms with van der Waals surface area (Å²) < 4.78 is 32.6. The standard InChI is InChI=1S/C17H26N2O3SSi.C2H6/c1-24(2,3)11-9-22-13-19-8-7-14-12-15-6-4-5-10-23(20,21)17(15)18-16(14)19;1-2/h7-8,12H,4-6,9-11,13H2,1-3H3;1-2H3. The van der Waals surface area contributed by atoms with Gasteiger partial charge in [0.1, 0.15) is 12.4 Å². The van der Waals surface area contributed by atoms with E-state index in [2.05, 4.69) is 24.6 Å². The van der Waals surface area contributed by atoms with Gasteiger partial charge in [-0.1, -0.05) is 33.5 Å². The van der Waals surface area contributed by atoms with Crippen LogP contribution < -0.4 is 0 Å². The summed E-state index contributed by atoms with van der Waals surface area (Å²) in [6.45, 7) is 12.1. The molecule has 7 heteroatoms. The monoisotopic (exact) mass is 396 g/mol. The van der Waals surface area contributed by atoms with E-state index in [1.165, 1.54) is 0 Å². The number of pyridine rings is 1. The van der Waals surface area contributed by atoms with Gasteiger partial charge in [0.25, 0.3) is 0 Å². The molecular formula is C19H32N2O3SSi. The first-order chi connectivity index (χ1) is 12.3. The molecule has 0 bridgehead atoms. The second-order valence-electron chi connectivity index (χ2n) is 7.77. The van der Waals surface area contributed by atoms with Crippen LogP contribution in [0.4, 0.5) is 0 Å². The van der Waals surface area contributed by atoms with E-state index in [1.54, 1.807) is 0 Å². The molecule has 26 heavy (non-hydrogen) atoms. The van der Waals surface area contributed by atoms with Crippen LogP contribution in [0.25, 0.3) is 11.0 Å². The first kappa shape index (κ1) is 21.1. The van der Waals surface area contributed by atoms with E-state index in [0.29, 0.717) is 18.8 Å². The van der Waals surface area contributed by atoms with Crippen molar-refractivity contribution in [1.29, 1.82) is 0 Å². The number of hydrogen-bond acceptors (Lipinski definition) is 4. The third-order valence-electron chi connectivity index (χ3n) is 4.41. The van der Waals surface area contributed by atoms with Crippen molar-refractivity contribution in [2.45, 2.75) is 70.6 Å². The Morgan fingerprint density at radius 2 is 1.96 bits per heavy atom. The molecule has 0 N–H and O–H groups in total. The number of ether oxygens (including phenoxy) is 1. The quantitative estimate of drug-likeness (QED) is 0.552. The van der Waals surface area contributed by atoms with Crippen molar-refractivity contribution in [2.24, 2.45) is 0 Å². The summed E-state index contributed by atoms with van der Waals surface area (Å²) >= 11 is 0. The molecule has 2 aromatic heterocycles. The SMILES string of the molecule is CC.C[Si](C)(C)CCOCn1ccc2cc3c(nc21)S(=O)(=O)CCCC3.